The molecule has 8 heteroatoms. The first-order valence-corrected chi connectivity index (χ1v) is 6.58. The highest BCUT2D eigenvalue weighted by atomic mass is 19.1. The summed E-state index contributed by atoms with van der Waals surface area (Å²) >= 11 is 0. The van der Waals surface area contributed by atoms with E-state index in [0.717, 1.165) is 11.7 Å². The number of hydrogen-bond acceptors (Lipinski definition) is 5. The first kappa shape index (κ1) is 14.6. The molecular formula is C15H11FN4O3. The third-order valence-electron chi connectivity index (χ3n) is 3.60. The normalized spacial score (nSPS) is 12.5. The number of methoxy groups -OCH3 is 1. The Morgan fingerprint density at radius 3 is 2.91 bits per heavy atom. The fourth-order valence-electron chi connectivity index (χ4n) is 2.52. The van der Waals surface area contributed by atoms with Crippen molar-refractivity contribution in [2.24, 2.45) is 0 Å². The van der Waals surface area contributed by atoms with Crippen LogP contribution in [0.15, 0.2) is 18.3 Å². The second-order valence-corrected chi connectivity index (χ2v) is 4.96. The third kappa shape index (κ3) is 2.19. The lowest BCUT2D eigenvalue weighted by Crippen LogP contribution is -2.12. The monoisotopic (exact) mass is 314 g/mol. The number of hydrogen-bond donors (Lipinski definition) is 2. The van der Waals surface area contributed by atoms with Crippen LogP contribution in [-0.4, -0.2) is 23.6 Å². The lowest BCUT2D eigenvalue weighted by atomic mass is 10.1. The van der Waals surface area contributed by atoms with E-state index in [4.69, 9.17) is 11.0 Å². The zero-order valence-corrected chi connectivity index (χ0v) is 12.0. The first-order chi connectivity index (χ1) is 11.0. The molecule has 0 spiro atoms. The minimum atomic E-state index is -0.798. The van der Waals surface area contributed by atoms with E-state index in [1.807, 2.05) is 6.07 Å². The maximum atomic E-state index is 14.4. The van der Waals surface area contributed by atoms with Crippen LogP contribution in [0.25, 0.3) is 5.69 Å². The Morgan fingerprint density at radius 2 is 2.26 bits per heavy atom. The van der Waals surface area contributed by atoms with Gasteiger partial charge in [-0.1, -0.05) is 0 Å². The second kappa shape index (κ2) is 5.14. The Morgan fingerprint density at radius 1 is 1.52 bits per heavy atom. The summed E-state index contributed by atoms with van der Waals surface area (Å²) in [5.41, 5.74) is 6.52. The molecule has 3 N–H and O–H groups in total. The zero-order chi connectivity index (χ0) is 16.7. The average Bonchev–Trinajstić information content (AvgIpc) is 3.04. The van der Waals surface area contributed by atoms with E-state index in [-0.39, 0.29) is 35.0 Å². The van der Waals surface area contributed by atoms with Crippen LogP contribution < -0.4 is 11.1 Å². The van der Waals surface area contributed by atoms with Crippen LogP contribution in [0.5, 0.6) is 0 Å². The number of carbonyl (C=O) groups is 2. The van der Waals surface area contributed by atoms with Gasteiger partial charge in [-0.05, 0) is 17.7 Å². The minimum Gasteiger partial charge on any atom is -0.464 e. The maximum Gasteiger partial charge on any atom is 0.357 e. The van der Waals surface area contributed by atoms with Crippen molar-refractivity contribution in [3.05, 3.63) is 41.0 Å². The molecule has 7 nitrogen and oxygen atoms in total. The first-order valence-electron chi connectivity index (χ1n) is 6.58. The molecule has 3 rings (SSSR count). The number of nitrogen functional groups attached to an aromatic ring is 1. The van der Waals surface area contributed by atoms with Crippen molar-refractivity contribution in [2.45, 2.75) is 6.42 Å². The predicted octanol–water partition coefficient (Wildman–Crippen LogP) is 1.35. The summed E-state index contributed by atoms with van der Waals surface area (Å²) in [7, 11) is 1.16. The zero-order valence-electron chi connectivity index (χ0n) is 12.0. The molecule has 23 heavy (non-hydrogen) atoms. The number of fused-ring (bicyclic) bond motifs is 1. The van der Waals surface area contributed by atoms with Gasteiger partial charge in [-0.2, -0.15) is 5.26 Å². The van der Waals surface area contributed by atoms with Crippen molar-refractivity contribution in [3.8, 4) is 11.8 Å². The van der Waals surface area contributed by atoms with E-state index in [9.17, 15) is 14.0 Å². The molecular weight excluding hydrogens is 303 g/mol. The largest absolute Gasteiger partial charge is 0.464 e. The van der Waals surface area contributed by atoms with Crippen LogP contribution in [0, 0.1) is 17.1 Å². The summed E-state index contributed by atoms with van der Waals surface area (Å²) < 4.78 is 20.2. The van der Waals surface area contributed by atoms with Crippen molar-refractivity contribution < 1.29 is 18.7 Å². The van der Waals surface area contributed by atoms with Gasteiger partial charge < -0.3 is 20.4 Å². The second-order valence-electron chi connectivity index (χ2n) is 4.96. The van der Waals surface area contributed by atoms with Crippen LogP contribution in [0.2, 0.25) is 0 Å². The highest BCUT2D eigenvalue weighted by molar-refractivity contribution is 6.00. The molecule has 1 aromatic heterocycles. The smallest absolute Gasteiger partial charge is 0.357 e. The molecule has 0 saturated heterocycles. The summed E-state index contributed by atoms with van der Waals surface area (Å²) in [4.78, 5) is 23.3. The summed E-state index contributed by atoms with van der Waals surface area (Å²) in [6, 6.07) is 4.44. The van der Waals surface area contributed by atoms with Crippen LogP contribution in [0.3, 0.4) is 0 Å². The quantitative estimate of drug-likeness (QED) is 0.813. The fourth-order valence-corrected chi connectivity index (χ4v) is 2.52. The number of nitrogens with two attached hydrogens (primary N) is 1. The summed E-state index contributed by atoms with van der Waals surface area (Å²) in [6.45, 7) is 0. The number of nitrogens with one attached hydrogen (secondary N) is 1. The molecule has 1 amide bonds. The van der Waals surface area contributed by atoms with Gasteiger partial charge in [-0.15, -0.1) is 0 Å². The Balaban J connectivity index is 2.24. The molecule has 0 fully saturated rings. The number of amides is 1. The Hall–Kier alpha value is -3.34. The molecule has 1 aromatic carbocycles. The van der Waals surface area contributed by atoms with Crippen molar-refractivity contribution in [2.75, 3.05) is 18.2 Å². The number of esters is 1. The minimum absolute atomic E-state index is 0.0143. The topological polar surface area (TPSA) is 110 Å². The standard InChI is InChI=1S/C15H11FN4O3/c1-23-15(22)14-13(18)8(5-17)6-20(14)11-4-10-7(2-9(11)16)3-12(21)19-10/h2,4,6H,3,18H2,1H3,(H,19,21). The number of aromatic nitrogens is 1. The van der Waals surface area contributed by atoms with Crippen LogP contribution in [0.4, 0.5) is 15.8 Å². The van der Waals surface area contributed by atoms with Gasteiger partial charge >= 0.3 is 5.97 Å². The van der Waals surface area contributed by atoms with Crippen molar-refractivity contribution in [1.82, 2.24) is 4.57 Å². The van der Waals surface area contributed by atoms with E-state index in [1.54, 1.807) is 0 Å². The van der Waals surface area contributed by atoms with Gasteiger partial charge in [0.2, 0.25) is 5.91 Å². The fraction of sp³-hybridized carbons (Fsp3) is 0.133. The summed E-state index contributed by atoms with van der Waals surface area (Å²) in [5.74, 6) is -1.69. The Bertz CT molecular complexity index is 895. The average molecular weight is 314 g/mol. The number of halogens is 1. The van der Waals surface area contributed by atoms with Crippen molar-refractivity contribution in [3.63, 3.8) is 0 Å². The third-order valence-corrected chi connectivity index (χ3v) is 3.60. The number of nitriles is 1. The lowest BCUT2D eigenvalue weighted by molar-refractivity contribution is -0.115. The molecule has 2 heterocycles. The SMILES string of the molecule is COC(=O)c1c(N)c(C#N)cn1-c1cc2c(cc1F)CC(=O)N2. The van der Waals surface area contributed by atoms with Crippen LogP contribution >= 0.6 is 0 Å². The van der Waals surface area contributed by atoms with Gasteiger partial charge in [-0.25, -0.2) is 9.18 Å². The van der Waals surface area contributed by atoms with E-state index in [0.29, 0.717) is 11.3 Å². The molecule has 0 bridgehead atoms. The molecule has 0 radical (unpaired) electrons. The van der Waals surface area contributed by atoms with Gasteiger partial charge in [0.05, 0.1) is 30.5 Å². The number of ether oxygens (including phenoxy) is 1. The van der Waals surface area contributed by atoms with Crippen molar-refractivity contribution in [1.29, 1.82) is 5.26 Å². The molecule has 1 aliphatic rings. The lowest BCUT2D eigenvalue weighted by Gasteiger charge is -2.11. The predicted molar refractivity (Wildman–Crippen MR) is 78.5 cm³/mol. The summed E-state index contributed by atoms with van der Waals surface area (Å²) in [6.07, 6.45) is 1.34. The van der Waals surface area contributed by atoms with Gasteiger partial charge in [0.25, 0.3) is 0 Å². The van der Waals surface area contributed by atoms with Crippen LogP contribution in [-0.2, 0) is 16.0 Å². The van der Waals surface area contributed by atoms with Gasteiger partial charge in [-0.3, -0.25) is 4.79 Å². The Kier molecular flexibility index (Phi) is 3.26. The van der Waals surface area contributed by atoms with Gasteiger partial charge in [0.15, 0.2) is 5.69 Å². The van der Waals surface area contributed by atoms with E-state index >= 15 is 0 Å². The molecule has 0 unspecified atom stereocenters. The number of rotatable bonds is 2. The molecule has 0 saturated carbocycles. The number of anilines is 2. The van der Waals surface area contributed by atoms with E-state index in [2.05, 4.69) is 10.1 Å². The highest BCUT2D eigenvalue weighted by Crippen LogP contribution is 2.31. The van der Waals surface area contributed by atoms with Gasteiger partial charge in [0.1, 0.15) is 11.9 Å². The molecule has 116 valence electrons. The number of carbonyl (C=O) groups excluding carboxylic acids is 2. The van der Waals surface area contributed by atoms with Crippen molar-refractivity contribution >= 4 is 23.3 Å². The van der Waals surface area contributed by atoms with Gasteiger partial charge in [0, 0.05) is 11.9 Å². The summed E-state index contributed by atoms with van der Waals surface area (Å²) in [5, 5.41) is 11.7. The maximum absolute atomic E-state index is 14.4. The Labute approximate surface area is 130 Å². The molecule has 0 aliphatic carbocycles. The number of nitrogens with zero attached hydrogens (tertiary/aromatic N) is 2. The molecule has 0 atom stereocenters. The van der Waals surface area contributed by atoms with Crippen LogP contribution in [0.1, 0.15) is 21.6 Å². The molecule has 2 aromatic rings. The highest BCUT2D eigenvalue weighted by Gasteiger charge is 2.26. The van der Waals surface area contributed by atoms with E-state index < -0.39 is 11.8 Å². The number of benzene rings is 1. The van der Waals surface area contributed by atoms with E-state index in [1.165, 1.54) is 18.3 Å². The molecule has 1 aliphatic heterocycles.